The molecule has 4 nitrogen and oxygen atoms in total. The van der Waals surface area contributed by atoms with Crippen LogP contribution in [0.15, 0.2) is 170 Å². The Labute approximate surface area is 297 Å². The van der Waals surface area contributed by atoms with Crippen LogP contribution in [0, 0.1) is 13.8 Å². The predicted octanol–water partition coefficient (Wildman–Crippen LogP) is 11.9. The zero-order valence-corrected chi connectivity index (χ0v) is 28.5. The van der Waals surface area contributed by atoms with Gasteiger partial charge in [0, 0.05) is 33.2 Å². The average molecular weight is 655 g/mol. The van der Waals surface area contributed by atoms with Crippen LogP contribution in [0.1, 0.15) is 11.1 Å². The van der Waals surface area contributed by atoms with Crippen LogP contribution in [-0.2, 0) is 0 Å². The first-order valence-corrected chi connectivity index (χ1v) is 17.3. The molecule has 0 aliphatic rings. The number of aryl methyl sites for hydroxylation is 2. The van der Waals surface area contributed by atoms with E-state index < -0.39 is 0 Å². The minimum Gasteiger partial charge on any atom is -0.309 e. The Bertz CT molecular complexity index is 2640. The first-order valence-electron chi connectivity index (χ1n) is 17.3. The van der Waals surface area contributed by atoms with Gasteiger partial charge in [-0.3, -0.25) is 0 Å². The highest BCUT2D eigenvalue weighted by Gasteiger charge is 2.18. The first kappa shape index (κ1) is 30.4. The normalized spacial score (nSPS) is 11.3. The number of hydrogen-bond acceptors (Lipinski definition) is 3. The number of benzene rings is 7. The van der Waals surface area contributed by atoms with Gasteiger partial charge in [0.1, 0.15) is 0 Å². The van der Waals surface area contributed by atoms with E-state index in [4.69, 9.17) is 15.0 Å². The molecule has 51 heavy (non-hydrogen) atoms. The summed E-state index contributed by atoms with van der Waals surface area (Å²) in [6.07, 6.45) is 0. The number of fused-ring (bicyclic) bond motifs is 3. The Morgan fingerprint density at radius 2 is 0.804 bits per heavy atom. The highest BCUT2D eigenvalue weighted by atomic mass is 15.0. The Kier molecular flexibility index (Phi) is 7.55. The number of nitrogens with zero attached hydrogens (tertiary/aromatic N) is 4. The van der Waals surface area contributed by atoms with Gasteiger partial charge in [0.05, 0.1) is 11.0 Å². The highest BCUT2D eigenvalue weighted by Crippen LogP contribution is 2.38. The van der Waals surface area contributed by atoms with Gasteiger partial charge in [-0.05, 0) is 95.8 Å². The minimum absolute atomic E-state index is 0.641. The molecule has 0 spiro atoms. The number of para-hydroxylation sites is 1. The molecule has 0 aliphatic heterocycles. The summed E-state index contributed by atoms with van der Waals surface area (Å²) in [6, 6.07) is 59.7. The van der Waals surface area contributed by atoms with E-state index in [-0.39, 0.29) is 0 Å². The van der Waals surface area contributed by atoms with Crippen molar-refractivity contribution in [3.8, 4) is 62.1 Å². The van der Waals surface area contributed by atoms with E-state index in [2.05, 4.69) is 128 Å². The lowest BCUT2D eigenvalue weighted by molar-refractivity contribution is 1.07. The number of hydrogen-bond donors (Lipinski definition) is 0. The van der Waals surface area contributed by atoms with E-state index >= 15 is 0 Å². The molecule has 4 heteroatoms. The summed E-state index contributed by atoms with van der Waals surface area (Å²) in [4.78, 5) is 15.0. The van der Waals surface area contributed by atoms with Crippen molar-refractivity contribution in [3.63, 3.8) is 0 Å². The maximum absolute atomic E-state index is 5.04. The van der Waals surface area contributed by atoms with Crippen molar-refractivity contribution >= 4 is 21.8 Å². The largest absolute Gasteiger partial charge is 0.309 e. The molecule has 0 amide bonds. The topological polar surface area (TPSA) is 43.6 Å². The fraction of sp³-hybridized carbons (Fsp3) is 0.0426. The van der Waals surface area contributed by atoms with Crippen LogP contribution in [0.3, 0.4) is 0 Å². The second-order valence-electron chi connectivity index (χ2n) is 13.0. The van der Waals surface area contributed by atoms with E-state index in [9.17, 15) is 0 Å². The van der Waals surface area contributed by atoms with Crippen molar-refractivity contribution in [1.82, 2.24) is 19.5 Å². The molecule has 9 aromatic rings. The van der Waals surface area contributed by atoms with Crippen molar-refractivity contribution in [2.75, 3.05) is 0 Å². The van der Waals surface area contributed by atoms with Crippen molar-refractivity contribution in [3.05, 3.63) is 181 Å². The number of aromatic nitrogens is 4. The molecule has 2 aromatic heterocycles. The quantitative estimate of drug-likeness (QED) is 0.179. The molecule has 0 fully saturated rings. The molecule has 0 saturated heterocycles. The number of rotatable bonds is 6. The average Bonchev–Trinajstić information content (AvgIpc) is 3.52. The Balaban J connectivity index is 1.26. The van der Waals surface area contributed by atoms with Crippen LogP contribution in [0.25, 0.3) is 83.9 Å². The van der Waals surface area contributed by atoms with Gasteiger partial charge in [0.15, 0.2) is 17.5 Å². The molecule has 7 aromatic carbocycles. The molecule has 242 valence electrons. The predicted molar refractivity (Wildman–Crippen MR) is 211 cm³/mol. The Hall–Kier alpha value is -6.65. The molecule has 9 rings (SSSR count). The molecular weight excluding hydrogens is 621 g/mol. The summed E-state index contributed by atoms with van der Waals surface area (Å²) in [5.74, 6) is 1.94. The van der Waals surface area contributed by atoms with Crippen molar-refractivity contribution < 1.29 is 0 Å². The fourth-order valence-electron chi connectivity index (χ4n) is 7.10. The van der Waals surface area contributed by atoms with E-state index in [1.807, 2.05) is 60.7 Å². The smallest absolute Gasteiger partial charge is 0.164 e. The van der Waals surface area contributed by atoms with Gasteiger partial charge in [0.2, 0.25) is 0 Å². The molecular formula is C47H34N4. The summed E-state index contributed by atoms with van der Waals surface area (Å²) < 4.78 is 2.35. The van der Waals surface area contributed by atoms with Crippen LogP contribution in [0.2, 0.25) is 0 Å². The van der Waals surface area contributed by atoms with E-state index in [1.54, 1.807) is 0 Å². The van der Waals surface area contributed by atoms with Gasteiger partial charge in [-0.15, -0.1) is 0 Å². The molecule has 0 radical (unpaired) electrons. The zero-order valence-electron chi connectivity index (χ0n) is 28.5. The summed E-state index contributed by atoms with van der Waals surface area (Å²) in [6.45, 7) is 4.37. The first-order chi connectivity index (χ1) is 25.1. The lowest BCUT2D eigenvalue weighted by atomic mass is 9.92. The minimum atomic E-state index is 0.641. The summed E-state index contributed by atoms with van der Waals surface area (Å²) in [5.41, 5.74) is 13.7. The molecule has 0 unspecified atom stereocenters. The molecule has 0 bridgehead atoms. The van der Waals surface area contributed by atoms with Crippen LogP contribution >= 0.6 is 0 Å². The van der Waals surface area contributed by atoms with Gasteiger partial charge in [-0.1, -0.05) is 121 Å². The van der Waals surface area contributed by atoms with Crippen molar-refractivity contribution in [2.24, 2.45) is 0 Å². The van der Waals surface area contributed by atoms with Gasteiger partial charge in [-0.2, -0.15) is 0 Å². The maximum atomic E-state index is 5.04. The van der Waals surface area contributed by atoms with E-state index in [0.29, 0.717) is 17.5 Å². The highest BCUT2D eigenvalue weighted by molar-refractivity contribution is 6.11. The molecule has 0 saturated carbocycles. The maximum Gasteiger partial charge on any atom is 0.164 e. The molecule has 0 N–H and O–H groups in total. The van der Waals surface area contributed by atoms with Crippen LogP contribution in [0.5, 0.6) is 0 Å². The third-order valence-corrected chi connectivity index (χ3v) is 9.74. The second kappa shape index (κ2) is 12.7. The summed E-state index contributed by atoms with van der Waals surface area (Å²) >= 11 is 0. The van der Waals surface area contributed by atoms with Crippen LogP contribution < -0.4 is 0 Å². The van der Waals surface area contributed by atoms with E-state index in [1.165, 1.54) is 38.8 Å². The van der Waals surface area contributed by atoms with Crippen LogP contribution in [0.4, 0.5) is 0 Å². The summed E-state index contributed by atoms with van der Waals surface area (Å²) in [7, 11) is 0. The second-order valence-corrected chi connectivity index (χ2v) is 13.0. The van der Waals surface area contributed by atoms with Gasteiger partial charge < -0.3 is 4.57 Å². The third-order valence-electron chi connectivity index (χ3n) is 9.74. The van der Waals surface area contributed by atoms with Crippen molar-refractivity contribution in [1.29, 1.82) is 0 Å². The van der Waals surface area contributed by atoms with Crippen molar-refractivity contribution in [2.45, 2.75) is 13.8 Å². The SMILES string of the molecule is Cc1ccccc1-c1cc(-c2ccc3c(c2)c2cc(-c4nc(-c5ccccc5)nc(-c5ccccc5)n4)ccc2n3-c2ccccc2)ccc1C. The fourth-order valence-corrected chi connectivity index (χ4v) is 7.10. The van der Waals surface area contributed by atoms with Gasteiger partial charge in [-0.25, -0.2) is 15.0 Å². The lowest BCUT2D eigenvalue weighted by Gasteiger charge is -2.12. The summed E-state index contributed by atoms with van der Waals surface area (Å²) in [5, 5.41) is 2.31. The Morgan fingerprint density at radius 3 is 1.41 bits per heavy atom. The molecule has 0 atom stereocenters. The zero-order chi connectivity index (χ0) is 34.3. The van der Waals surface area contributed by atoms with Gasteiger partial charge >= 0.3 is 0 Å². The lowest BCUT2D eigenvalue weighted by Crippen LogP contribution is -2.00. The third kappa shape index (κ3) is 5.57. The van der Waals surface area contributed by atoms with Crippen LogP contribution in [-0.4, -0.2) is 19.5 Å². The monoisotopic (exact) mass is 654 g/mol. The molecule has 0 aliphatic carbocycles. The standard InChI is InChI=1S/C47H34N4/c1-31-14-12-13-21-39(31)40-28-35(23-22-32(40)2)36-24-26-43-41(29-36)42-30-37(25-27-44(42)51(43)38-19-10-5-11-20-38)47-49-45(33-15-6-3-7-16-33)48-46(50-47)34-17-8-4-9-18-34/h3-30H,1-2H3. The van der Waals surface area contributed by atoms with E-state index in [0.717, 1.165) is 38.8 Å². The Morgan fingerprint density at radius 1 is 0.353 bits per heavy atom. The molecule has 2 heterocycles. The van der Waals surface area contributed by atoms with Gasteiger partial charge in [0.25, 0.3) is 0 Å².